The molecule has 1 heterocycles. The molecule has 0 radical (unpaired) electrons. The van der Waals surface area contributed by atoms with E-state index in [1.54, 1.807) is 6.26 Å². The second-order valence-electron chi connectivity index (χ2n) is 4.97. The molecule has 0 saturated heterocycles. The van der Waals surface area contributed by atoms with Crippen LogP contribution in [-0.2, 0) is 13.0 Å². The maximum atomic E-state index is 5.97. The van der Waals surface area contributed by atoms with Gasteiger partial charge in [-0.1, -0.05) is 19.1 Å². The molecule has 2 rings (SSSR count). The van der Waals surface area contributed by atoms with Crippen molar-refractivity contribution < 1.29 is 4.42 Å². The number of benzene rings is 1. The average Bonchev–Trinajstić information content (AvgIpc) is 2.92. The minimum atomic E-state index is 0.256. The van der Waals surface area contributed by atoms with Crippen LogP contribution in [0.4, 0.5) is 5.69 Å². The van der Waals surface area contributed by atoms with E-state index in [0.29, 0.717) is 0 Å². The Morgan fingerprint density at radius 3 is 2.53 bits per heavy atom. The maximum Gasteiger partial charge on any atom is 0.123 e. The van der Waals surface area contributed by atoms with Gasteiger partial charge < -0.3 is 15.1 Å². The quantitative estimate of drug-likeness (QED) is 0.865. The largest absolute Gasteiger partial charge is 0.467 e. The lowest BCUT2D eigenvalue weighted by molar-refractivity contribution is 0.507. The van der Waals surface area contributed by atoms with Crippen molar-refractivity contribution in [2.24, 2.45) is 5.73 Å². The Morgan fingerprint density at radius 2 is 1.95 bits per heavy atom. The monoisotopic (exact) mass is 258 g/mol. The first-order valence-corrected chi connectivity index (χ1v) is 6.77. The number of rotatable bonds is 6. The highest BCUT2D eigenvalue weighted by Gasteiger charge is 2.05. The third-order valence-corrected chi connectivity index (χ3v) is 3.37. The molecule has 2 N–H and O–H groups in total. The van der Waals surface area contributed by atoms with E-state index in [-0.39, 0.29) is 6.04 Å². The summed E-state index contributed by atoms with van der Waals surface area (Å²) in [6, 6.07) is 12.8. The van der Waals surface area contributed by atoms with Gasteiger partial charge >= 0.3 is 0 Å². The van der Waals surface area contributed by atoms with Gasteiger partial charge in [0.1, 0.15) is 5.76 Å². The zero-order valence-corrected chi connectivity index (χ0v) is 11.7. The molecule has 1 atom stereocenters. The van der Waals surface area contributed by atoms with E-state index in [4.69, 9.17) is 10.2 Å². The smallest absolute Gasteiger partial charge is 0.123 e. The van der Waals surface area contributed by atoms with E-state index in [2.05, 4.69) is 43.1 Å². The van der Waals surface area contributed by atoms with Gasteiger partial charge in [0, 0.05) is 18.8 Å². The molecule has 0 aliphatic carbocycles. The highest BCUT2D eigenvalue weighted by atomic mass is 16.3. The van der Waals surface area contributed by atoms with Crippen LogP contribution >= 0.6 is 0 Å². The standard InChI is InChI=1S/C16H22N2O/c1-3-14(17)11-13-6-8-15(9-7-13)18(2)12-16-5-4-10-19-16/h4-10,14H,3,11-12,17H2,1-2H3. The molecule has 0 amide bonds. The fraction of sp³-hybridized carbons (Fsp3) is 0.375. The van der Waals surface area contributed by atoms with Crippen molar-refractivity contribution in [3.05, 3.63) is 54.0 Å². The summed E-state index contributed by atoms with van der Waals surface area (Å²) in [4.78, 5) is 2.17. The highest BCUT2D eigenvalue weighted by molar-refractivity contribution is 5.47. The Kier molecular flexibility index (Phi) is 4.63. The zero-order valence-electron chi connectivity index (χ0n) is 11.7. The Bertz CT molecular complexity index is 476. The van der Waals surface area contributed by atoms with Gasteiger partial charge in [0.25, 0.3) is 0 Å². The fourth-order valence-electron chi connectivity index (χ4n) is 2.06. The Labute approximate surface area is 115 Å². The summed E-state index contributed by atoms with van der Waals surface area (Å²) in [5, 5.41) is 0. The topological polar surface area (TPSA) is 42.4 Å². The van der Waals surface area contributed by atoms with Gasteiger partial charge in [-0.15, -0.1) is 0 Å². The summed E-state index contributed by atoms with van der Waals surface area (Å²) < 4.78 is 5.36. The van der Waals surface area contributed by atoms with Gasteiger partial charge in [0.2, 0.25) is 0 Å². The average molecular weight is 258 g/mol. The van der Waals surface area contributed by atoms with Gasteiger partial charge in [0.15, 0.2) is 0 Å². The van der Waals surface area contributed by atoms with Crippen LogP contribution in [0.5, 0.6) is 0 Å². The number of hydrogen-bond acceptors (Lipinski definition) is 3. The van der Waals surface area contributed by atoms with Crippen molar-refractivity contribution in [1.82, 2.24) is 0 Å². The summed E-state index contributed by atoms with van der Waals surface area (Å²) in [6.45, 7) is 2.90. The number of hydrogen-bond donors (Lipinski definition) is 1. The third kappa shape index (κ3) is 3.86. The van der Waals surface area contributed by atoms with Crippen LogP contribution in [0.15, 0.2) is 47.1 Å². The third-order valence-electron chi connectivity index (χ3n) is 3.37. The van der Waals surface area contributed by atoms with Crippen LogP contribution < -0.4 is 10.6 Å². The number of furan rings is 1. The van der Waals surface area contributed by atoms with E-state index >= 15 is 0 Å². The van der Waals surface area contributed by atoms with Crippen molar-refractivity contribution in [2.45, 2.75) is 32.4 Å². The molecule has 2 aromatic rings. The summed E-state index contributed by atoms with van der Waals surface area (Å²) >= 11 is 0. The maximum absolute atomic E-state index is 5.97. The van der Waals surface area contributed by atoms with Crippen molar-refractivity contribution >= 4 is 5.69 Å². The molecule has 102 valence electrons. The molecule has 1 unspecified atom stereocenters. The second kappa shape index (κ2) is 6.43. The highest BCUT2D eigenvalue weighted by Crippen LogP contribution is 2.17. The molecule has 0 spiro atoms. The molecule has 0 saturated carbocycles. The van der Waals surface area contributed by atoms with Crippen LogP contribution in [0.2, 0.25) is 0 Å². The lowest BCUT2D eigenvalue weighted by atomic mass is 10.0. The van der Waals surface area contributed by atoms with Crippen molar-refractivity contribution in [1.29, 1.82) is 0 Å². The lowest BCUT2D eigenvalue weighted by Crippen LogP contribution is -2.21. The van der Waals surface area contributed by atoms with Gasteiger partial charge in [-0.05, 0) is 42.7 Å². The molecular formula is C16H22N2O. The molecular weight excluding hydrogens is 236 g/mol. The normalized spacial score (nSPS) is 12.4. The predicted molar refractivity (Wildman–Crippen MR) is 79.2 cm³/mol. The summed E-state index contributed by atoms with van der Waals surface area (Å²) in [5.74, 6) is 0.972. The zero-order chi connectivity index (χ0) is 13.7. The minimum absolute atomic E-state index is 0.256. The van der Waals surface area contributed by atoms with Crippen molar-refractivity contribution in [2.75, 3.05) is 11.9 Å². The fourth-order valence-corrected chi connectivity index (χ4v) is 2.06. The number of nitrogens with zero attached hydrogens (tertiary/aromatic N) is 1. The predicted octanol–water partition coefficient (Wildman–Crippen LogP) is 3.20. The molecule has 1 aromatic carbocycles. The van der Waals surface area contributed by atoms with Gasteiger partial charge in [0.05, 0.1) is 12.8 Å². The van der Waals surface area contributed by atoms with E-state index in [1.165, 1.54) is 11.3 Å². The van der Waals surface area contributed by atoms with E-state index < -0.39 is 0 Å². The van der Waals surface area contributed by atoms with Crippen LogP contribution in [0.3, 0.4) is 0 Å². The molecule has 3 heteroatoms. The summed E-state index contributed by atoms with van der Waals surface area (Å²) in [7, 11) is 2.06. The Balaban J connectivity index is 1.97. The lowest BCUT2D eigenvalue weighted by Gasteiger charge is -2.18. The molecule has 0 fully saturated rings. The SMILES string of the molecule is CCC(N)Cc1ccc(N(C)Cc2ccco2)cc1. The molecule has 0 aliphatic rings. The summed E-state index contributed by atoms with van der Waals surface area (Å²) in [6.07, 6.45) is 3.66. The van der Waals surface area contributed by atoms with Gasteiger partial charge in [-0.3, -0.25) is 0 Å². The summed E-state index contributed by atoms with van der Waals surface area (Å²) in [5.41, 5.74) is 8.45. The molecule has 0 bridgehead atoms. The van der Waals surface area contributed by atoms with Crippen LogP contribution in [0.25, 0.3) is 0 Å². The number of anilines is 1. The molecule has 19 heavy (non-hydrogen) atoms. The van der Waals surface area contributed by atoms with Gasteiger partial charge in [-0.25, -0.2) is 0 Å². The van der Waals surface area contributed by atoms with E-state index in [9.17, 15) is 0 Å². The molecule has 1 aromatic heterocycles. The molecule has 0 aliphatic heterocycles. The van der Waals surface area contributed by atoms with Crippen molar-refractivity contribution in [3.8, 4) is 0 Å². The molecule has 3 nitrogen and oxygen atoms in total. The first kappa shape index (κ1) is 13.7. The minimum Gasteiger partial charge on any atom is -0.467 e. The second-order valence-corrected chi connectivity index (χ2v) is 4.97. The van der Waals surface area contributed by atoms with Gasteiger partial charge in [-0.2, -0.15) is 0 Å². The van der Waals surface area contributed by atoms with Crippen molar-refractivity contribution in [3.63, 3.8) is 0 Å². The van der Waals surface area contributed by atoms with Crippen LogP contribution in [0, 0.1) is 0 Å². The van der Waals surface area contributed by atoms with E-state index in [0.717, 1.165) is 25.1 Å². The van der Waals surface area contributed by atoms with E-state index in [1.807, 2.05) is 12.1 Å². The Hall–Kier alpha value is -1.74. The van der Waals surface area contributed by atoms with Crippen LogP contribution in [0.1, 0.15) is 24.7 Å². The first-order valence-electron chi connectivity index (χ1n) is 6.77. The Morgan fingerprint density at radius 1 is 1.21 bits per heavy atom. The van der Waals surface area contributed by atoms with Crippen LogP contribution in [-0.4, -0.2) is 13.1 Å². The first-order chi connectivity index (χ1) is 9.19. The number of nitrogens with two attached hydrogens (primary N) is 1.